The van der Waals surface area contributed by atoms with Crippen LogP contribution >= 0.6 is 0 Å². The molecule has 0 aliphatic heterocycles. The highest BCUT2D eigenvalue weighted by molar-refractivity contribution is 5.54. The van der Waals surface area contributed by atoms with Gasteiger partial charge in [-0.15, -0.1) is 0 Å². The highest BCUT2D eigenvalue weighted by atomic mass is 16.5. The molecule has 0 radical (unpaired) electrons. The summed E-state index contributed by atoms with van der Waals surface area (Å²) in [7, 11) is 0. The van der Waals surface area contributed by atoms with Gasteiger partial charge in [-0.3, -0.25) is 0 Å². The summed E-state index contributed by atoms with van der Waals surface area (Å²) in [5.41, 5.74) is 8.52. The smallest absolute Gasteiger partial charge is 0.142 e. The molecule has 4 saturated carbocycles. The average molecular weight is 271 g/mol. The van der Waals surface area contributed by atoms with E-state index in [2.05, 4.69) is 13.0 Å². The quantitative estimate of drug-likeness (QED) is 0.837. The van der Waals surface area contributed by atoms with Crippen LogP contribution in [0.25, 0.3) is 0 Å². The normalized spacial score (nSPS) is 38.1. The maximum Gasteiger partial charge on any atom is 0.142 e. The summed E-state index contributed by atoms with van der Waals surface area (Å²) in [5.74, 6) is 3.84. The number of ether oxygens (including phenoxy) is 1. The van der Waals surface area contributed by atoms with E-state index in [0.29, 0.717) is 5.41 Å². The minimum Gasteiger partial charge on any atom is -0.491 e. The molecule has 5 rings (SSSR count). The van der Waals surface area contributed by atoms with Gasteiger partial charge in [0.2, 0.25) is 0 Å². The molecule has 1 aromatic carbocycles. The Hall–Kier alpha value is -1.18. The van der Waals surface area contributed by atoms with Crippen molar-refractivity contribution in [2.24, 2.45) is 23.2 Å². The van der Waals surface area contributed by atoms with Crippen molar-refractivity contribution >= 4 is 5.69 Å². The molecule has 0 heterocycles. The largest absolute Gasteiger partial charge is 0.491 e. The molecule has 0 amide bonds. The fourth-order valence-corrected chi connectivity index (χ4v) is 5.50. The fraction of sp³-hybridized carbons (Fsp3) is 0.667. The van der Waals surface area contributed by atoms with Crippen LogP contribution in [-0.4, -0.2) is 6.61 Å². The highest BCUT2D eigenvalue weighted by Gasteiger charge is 2.51. The summed E-state index contributed by atoms with van der Waals surface area (Å²) in [6.45, 7) is 2.95. The van der Waals surface area contributed by atoms with Crippen LogP contribution in [0.4, 0.5) is 5.69 Å². The second-order valence-corrected chi connectivity index (χ2v) is 7.75. The first kappa shape index (κ1) is 12.6. The lowest BCUT2D eigenvalue weighted by atomic mass is 9.50. The first-order valence-electron chi connectivity index (χ1n) is 8.11. The van der Waals surface area contributed by atoms with E-state index in [1.807, 2.05) is 12.1 Å². The van der Waals surface area contributed by atoms with Gasteiger partial charge in [-0.2, -0.15) is 0 Å². The van der Waals surface area contributed by atoms with Crippen molar-refractivity contribution in [2.45, 2.75) is 45.4 Å². The minimum atomic E-state index is 0.464. The lowest BCUT2D eigenvalue weighted by Crippen LogP contribution is -2.48. The van der Waals surface area contributed by atoms with Crippen molar-refractivity contribution < 1.29 is 4.74 Å². The zero-order valence-corrected chi connectivity index (χ0v) is 12.4. The van der Waals surface area contributed by atoms with Gasteiger partial charge in [0.25, 0.3) is 0 Å². The monoisotopic (exact) mass is 271 g/mol. The Labute approximate surface area is 121 Å². The molecule has 0 unspecified atom stereocenters. The summed E-state index contributed by atoms with van der Waals surface area (Å²) in [6.07, 6.45) is 8.66. The molecule has 2 N–H and O–H groups in total. The third-order valence-electron chi connectivity index (χ3n) is 5.86. The van der Waals surface area contributed by atoms with Gasteiger partial charge in [-0.05, 0) is 80.9 Å². The molecular formula is C18H25NO. The Morgan fingerprint density at radius 2 is 1.70 bits per heavy atom. The number of anilines is 1. The maximum absolute atomic E-state index is 6.15. The van der Waals surface area contributed by atoms with Crippen molar-refractivity contribution in [3.8, 4) is 5.75 Å². The summed E-state index contributed by atoms with van der Waals surface area (Å²) in [4.78, 5) is 0. The second-order valence-electron chi connectivity index (χ2n) is 7.75. The predicted octanol–water partition coefficient (Wildman–Crippen LogP) is 4.17. The van der Waals surface area contributed by atoms with Crippen LogP contribution in [0, 0.1) is 30.1 Å². The summed E-state index contributed by atoms with van der Waals surface area (Å²) in [6, 6.07) is 6.13. The first-order valence-corrected chi connectivity index (χ1v) is 8.11. The van der Waals surface area contributed by atoms with Crippen LogP contribution in [0.5, 0.6) is 5.75 Å². The lowest BCUT2D eigenvalue weighted by molar-refractivity contribution is -0.0744. The van der Waals surface area contributed by atoms with Crippen LogP contribution in [0.2, 0.25) is 0 Å². The fourth-order valence-electron chi connectivity index (χ4n) is 5.50. The summed E-state index contributed by atoms with van der Waals surface area (Å²) in [5, 5.41) is 0. The molecule has 2 nitrogen and oxygen atoms in total. The van der Waals surface area contributed by atoms with Crippen molar-refractivity contribution in [1.29, 1.82) is 0 Å². The Balaban J connectivity index is 1.49. The molecule has 20 heavy (non-hydrogen) atoms. The van der Waals surface area contributed by atoms with E-state index in [9.17, 15) is 0 Å². The van der Waals surface area contributed by atoms with Gasteiger partial charge in [0, 0.05) is 5.41 Å². The topological polar surface area (TPSA) is 35.2 Å². The van der Waals surface area contributed by atoms with E-state index in [-0.39, 0.29) is 0 Å². The van der Waals surface area contributed by atoms with Crippen molar-refractivity contribution in [1.82, 2.24) is 0 Å². The van der Waals surface area contributed by atoms with Crippen LogP contribution in [0.1, 0.15) is 44.1 Å². The molecule has 0 atom stereocenters. The molecule has 4 aliphatic carbocycles. The van der Waals surface area contributed by atoms with Crippen LogP contribution < -0.4 is 10.5 Å². The van der Waals surface area contributed by atoms with Gasteiger partial charge >= 0.3 is 0 Å². The molecule has 2 heteroatoms. The Bertz CT molecular complexity index is 487. The molecular weight excluding hydrogens is 246 g/mol. The number of hydrogen-bond donors (Lipinski definition) is 1. The zero-order valence-electron chi connectivity index (χ0n) is 12.4. The van der Waals surface area contributed by atoms with Crippen molar-refractivity contribution in [3.05, 3.63) is 23.8 Å². The SMILES string of the molecule is Cc1ccc(OCC23CC4CC(CC(C4)C2)C3)c(N)c1. The lowest BCUT2D eigenvalue weighted by Gasteiger charge is -2.56. The molecule has 4 bridgehead atoms. The van der Waals surface area contributed by atoms with Gasteiger partial charge in [0.1, 0.15) is 5.75 Å². The minimum absolute atomic E-state index is 0.464. The Morgan fingerprint density at radius 1 is 1.10 bits per heavy atom. The summed E-state index contributed by atoms with van der Waals surface area (Å²) >= 11 is 0. The van der Waals surface area contributed by atoms with Crippen LogP contribution in [0.15, 0.2) is 18.2 Å². The molecule has 4 fully saturated rings. The van der Waals surface area contributed by atoms with Crippen LogP contribution in [-0.2, 0) is 0 Å². The standard InChI is InChI=1S/C18H25NO/c1-12-2-3-17(16(19)4-12)20-11-18-8-13-5-14(9-18)7-15(6-13)10-18/h2-4,13-15H,5-11,19H2,1H3. The zero-order chi connectivity index (χ0) is 13.7. The number of aryl methyl sites for hydroxylation is 1. The third-order valence-corrected chi connectivity index (χ3v) is 5.86. The van der Waals surface area contributed by atoms with E-state index in [4.69, 9.17) is 10.5 Å². The number of nitrogens with two attached hydrogens (primary N) is 1. The number of hydrogen-bond acceptors (Lipinski definition) is 2. The summed E-state index contributed by atoms with van der Waals surface area (Å²) < 4.78 is 6.15. The molecule has 0 spiro atoms. The molecule has 0 saturated heterocycles. The number of benzene rings is 1. The van der Waals surface area contributed by atoms with Gasteiger partial charge in [0.05, 0.1) is 12.3 Å². The van der Waals surface area contributed by atoms with Crippen molar-refractivity contribution in [3.63, 3.8) is 0 Å². The van der Waals surface area contributed by atoms with E-state index in [0.717, 1.165) is 35.8 Å². The van der Waals surface area contributed by atoms with E-state index < -0.39 is 0 Å². The Kier molecular flexibility index (Phi) is 2.77. The van der Waals surface area contributed by atoms with Crippen LogP contribution in [0.3, 0.4) is 0 Å². The van der Waals surface area contributed by atoms with Crippen molar-refractivity contribution in [2.75, 3.05) is 12.3 Å². The second kappa shape index (κ2) is 4.41. The van der Waals surface area contributed by atoms with E-state index in [1.165, 1.54) is 44.1 Å². The van der Waals surface area contributed by atoms with Gasteiger partial charge in [-0.1, -0.05) is 6.07 Å². The average Bonchev–Trinajstić information content (AvgIpc) is 2.36. The number of nitrogen functional groups attached to an aromatic ring is 1. The van der Waals surface area contributed by atoms with Gasteiger partial charge in [-0.25, -0.2) is 0 Å². The molecule has 4 aliphatic rings. The van der Waals surface area contributed by atoms with E-state index in [1.54, 1.807) is 0 Å². The molecule has 0 aromatic heterocycles. The van der Waals surface area contributed by atoms with E-state index >= 15 is 0 Å². The van der Waals surface area contributed by atoms with Gasteiger partial charge in [0.15, 0.2) is 0 Å². The third kappa shape index (κ3) is 2.10. The molecule has 108 valence electrons. The maximum atomic E-state index is 6.15. The number of rotatable bonds is 3. The molecule has 1 aromatic rings. The highest BCUT2D eigenvalue weighted by Crippen LogP contribution is 2.60. The Morgan fingerprint density at radius 3 is 2.25 bits per heavy atom. The predicted molar refractivity (Wildman–Crippen MR) is 81.7 cm³/mol. The first-order chi connectivity index (χ1) is 9.62. The van der Waals surface area contributed by atoms with Gasteiger partial charge < -0.3 is 10.5 Å².